The molecular weight excluding hydrogens is 372 g/mol. The maximum Gasteiger partial charge on any atom is 0.250 e. The third-order valence-electron chi connectivity index (χ3n) is 3.99. The highest BCUT2D eigenvalue weighted by atomic mass is 32.1. The number of thiazole rings is 1. The Balaban J connectivity index is 1.69. The molecule has 1 N–H and O–H groups in total. The average molecular weight is 394 g/mol. The van der Waals surface area contributed by atoms with Crippen molar-refractivity contribution in [1.82, 2.24) is 4.98 Å². The van der Waals surface area contributed by atoms with Gasteiger partial charge in [-0.1, -0.05) is 36.4 Å². The Labute approximate surface area is 168 Å². The first-order chi connectivity index (χ1) is 13.6. The minimum absolute atomic E-state index is 0.235. The number of carbonyl (C=O) groups is 1. The molecule has 0 atom stereocenters. The monoisotopic (exact) mass is 394 g/mol. The van der Waals surface area contributed by atoms with Crippen molar-refractivity contribution in [2.75, 3.05) is 19.0 Å². The highest BCUT2D eigenvalue weighted by molar-refractivity contribution is 7.16. The molecule has 0 aliphatic carbocycles. The second-order valence-corrected chi connectivity index (χ2v) is 7.16. The van der Waals surface area contributed by atoms with Gasteiger partial charge in [0.1, 0.15) is 0 Å². The number of ether oxygens (including phenoxy) is 2. The summed E-state index contributed by atoms with van der Waals surface area (Å²) in [5.41, 5.74) is 2.77. The number of aryl methyl sites for hydroxylation is 1. The van der Waals surface area contributed by atoms with Crippen LogP contribution in [0.4, 0.5) is 5.13 Å². The minimum Gasteiger partial charge on any atom is -0.493 e. The molecule has 1 amide bonds. The van der Waals surface area contributed by atoms with E-state index in [0.717, 1.165) is 21.7 Å². The summed E-state index contributed by atoms with van der Waals surface area (Å²) in [7, 11) is 1.59. The maximum atomic E-state index is 12.3. The van der Waals surface area contributed by atoms with Crippen LogP contribution in [-0.2, 0) is 4.79 Å². The van der Waals surface area contributed by atoms with Gasteiger partial charge in [0.2, 0.25) is 5.91 Å². The molecule has 0 bridgehead atoms. The van der Waals surface area contributed by atoms with E-state index >= 15 is 0 Å². The normalized spacial score (nSPS) is 10.8. The van der Waals surface area contributed by atoms with Crippen molar-refractivity contribution >= 4 is 28.5 Å². The number of methoxy groups -OCH3 is 1. The summed E-state index contributed by atoms with van der Waals surface area (Å²) in [6.45, 7) is 4.48. The molecule has 0 unspecified atom stereocenters. The number of aromatic nitrogens is 1. The highest BCUT2D eigenvalue weighted by Crippen LogP contribution is 2.30. The third kappa shape index (κ3) is 4.78. The molecule has 3 rings (SSSR count). The van der Waals surface area contributed by atoms with Crippen molar-refractivity contribution in [1.29, 1.82) is 0 Å². The largest absolute Gasteiger partial charge is 0.493 e. The summed E-state index contributed by atoms with van der Waals surface area (Å²) in [5.74, 6) is 1.08. The van der Waals surface area contributed by atoms with Crippen LogP contribution in [0.1, 0.15) is 17.4 Å². The summed E-state index contributed by atoms with van der Waals surface area (Å²) in [6.07, 6.45) is 3.21. The number of nitrogens with zero attached hydrogens (tertiary/aromatic N) is 1. The van der Waals surface area contributed by atoms with Gasteiger partial charge in [0.15, 0.2) is 16.6 Å². The molecule has 1 aromatic heterocycles. The van der Waals surface area contributed by atoms with E-state index in [-0.39, 0.29) is 5.91 Å². The van der Waals surface area contributed by atoms with Crippen molar-refractivity contribution in [3.63, 3.8) is 0 Å². The molecule has 0 fully saturated rings. The molecule has 0 radical (unpaired) electrons. The van der Waals surface area contributed by atoms with Gasteiger partial charge in [0, 0.05) is 16.5 Å². The standard InChI is InChI=1S/C22H22N2O3S/c1-4-27-18-12-10-16(14-19(18)26-3)11-13-20(25)23-22-24-21(15(2)28-22)17-8-6-5-7-9-17/h5-14H,4H2,1-3H3,(H,23,24,25). The highest BCUT2D eigenvalue weighted by Gasteiger charge is 2.11. The van der Waals surface area contributed by atoms with Crippen LogP contribution in [0.25, 0.3) is 17.3 Å². The average Bonchev–Trinajstić information content (AvgIpc) is 3.08. The lowest BCUT2D eigenvalue weighted by molar-refractivity contribution is -0.111. The molecule has 5 nitrogen and oxygen atoms in total. The van der Waals surface area contributed by atoms with Gasteiger partial charge in [-0.25, -0.2) is 4.98 Å². The lowest BCUT2D eigenvalue weighted by Gasteiger charge is -2.09. The number of nitrogens with one attached hydrogen (secondary N) is 1. The molecule has 0 saturated carbocycles. The first-order valence-electron chi connectivity index (χ1n) is 8.93. The van der Waals surface area contributed by atoms with Gasteiger partial charge in [-0.2, -0.15) is 0 Å². The van der Waals surface area contributed by atoms with Crippen molar-refractivity contribution in [3.05, 3.63) is 65.0 Å². The smallest absolute Gasteiger partial charge is 0.250 e. The van der Waals surface area contributed by atoms with Gasteiger partial charge in [-0.15, -0.1) is 11.3 Å². The van der Waals surface area contributed by atoms with Crippen LogP contribution in [0.3, 0.4) is 0 Å². The Morgan fingerprint density at radius 3 is 2.68 bits per heavy atom. The lowest BCUT2D eigenvalue weighted by Crippen LogP contribution is -2.07. The van der Waals surface area contributed by atoms with Crippen LogP contribution in [0.2, 0.25) is 0 Å². The summed E-state index contributed by atoms with van der Waals surface area (Å²) < 4.78 is 10.8. The molecule has 0 aliphatic rings. The fraction of sp³-hybridized carbons (Fsp3) is 0.182. The van der Waals surface area contributed by atoms with Crippen LogP contribution < -0.4 is 14.8 Å². The zero-order chi connectivity index (χ0) is 19.9. The Morgan fingerprint density at radius 2 is 1.96 bits per heavy atom. The van der Waals surface area contributed by atoms with E-state index in [2.05, 4.69) is 10.3 Å². The van der Waals surface area contributed by atoms with Gasteiger partial charge in [0.05, 0.1) is 19.4 Å². The van der Waals surface area contributed by atoms with E-state index in [0.29, 0.717) is 23.2 Å². The third-order valence-corrected chi connectivity index (χ3v) is 4.87. The van der Waals surface area contributed by atoms with Crippen molar-refractivity contribution < 1.29 is 14.3 Å². The topological polar surface area (TPSA) is 60.5 Å². The number of hydrogen-bond acceptors (Lipinski definition) is 5. The predicted octanol–water partition coefficient (Wildman–Crippen LogP) is 5.18. The Bertz CT molecular complexity index is 981. The molecule has 3 aromatic rings. The van der Waals surface area contributed by atoms with E-state index in [4.69, 9.17) is 9.47 Å². The summed E-state index contributed by atoms with van der Waals surface area (Å²) in [5, 5.41) is 3.41. The summed E-state index contributed by atoms with van der Waals surface area (Å²) in [6, 6.07) is 15.5. The van der Waals surface area contributed by atoms with Gasteiger partial charge in [-0.3, -0.25) is 10.1 Å². The van der Waals surface area contributed by atoms with Crippen molar-refractivity contribution in [2.45, 2.75) is 13.8 Å². The summed E-state index contributed by atoms with van der Waals surface area (Å²) in [4.78, 5) is 17.9. The molecule has 0 aliphatic heterocycles. The second-order valence-electron chi connectivity index (χ2n) is 5.96. The number of hydrogen-bond donors (Lipinski definition) is 1. The van der Waals surface area contributed by atoms with E-state index in [9.17, 15) is 4.79 Å². The van der Waals surface area contributed by atoms with Gasteiger partial charge < -0.3 is 9.47 Å². The molecule has 2 aromatic carbocycles. The zero-order valence-corrected chi connectivity index (χ0v) is 16.9. The zero-order valence-electron chi connectivity index (χ0n) is 16.1. The first-order valence-corrected chi connectivity index (χ1v) is 9.75. The van der Waals surface area contributed by atoms with Crippen molar-refractivity contribution in [2.24, 2.45) is 0 Å². The number of anilines is 1. The molecule has 0 spiro atoms. The molecule has 144 valence electrons. The van der Waals surface area contributed by atoms with E-state index < -0.39 is 0 Å². The van der Waals surface area contributed by atoms with Crippen LogP contribution >= 0.6 is 11.3 Å². The Kier molecular flexibility index (Phi) is 6.45. The Hall–Kier alpha value is -3.12. The number of carbonyl (C=O) groups excluding carboxylic acids is 1. The van der Waals surface area contributed by atoms with E-state index in [1.54, 1.807) is 13.2 Å². The van der Waals surface area contributed by atoms with Crippen LogP contribution in [0, 0.1) is 6.92 Å². The first kappa shape index (κ1) is 19.6. The van der Waals surface area contributed by atoms with Crippen LogP contribution in [0.15, 0.2) is 54.6 Å². The molecular formula is C22H22N2O3S. The maximum absolute atomic E-state index is 12.3. The van der Waals surface area contributed by atoms with E-state index in [1.807, 2.05) is 62.4 Å². The van der Waals surface area contributed by atoms with Crippen molar-refractivity contribution in [3.8, 4) is 22.8 Å². The number of rotatable bonds is 7. The quantitative estimate of drug-likeness (QED) is 0.561. The van der Waals surface area contributed by atoms with Crippen LogP contribution in [-0.4, -0.2) is 24.6 Å². The SMILES string of the molecule is CCOc1ccc(C=CC(=O)Nc2nc(-c3ccccc3)c(C)s2)cc1OC. The van der Waals surface area contributed by atoms with E-state index in [1.165, 1.54) is 17.4 Å². The Morgan fingerprint density at radius 1 is 1.18 bits per heavy atom. The minimum atomic E-state index is -0.235. The van der Waals surface area contributed by atoms with Crippen LogP contribution in [0.5, 0.6) is 11.5 Å². The van der Waals surface area contributed by atoms with Gasteiger partial charge in [-0.05, 0) is 37.6 Å². The summed E-state index contributed by atoms with van der Waals surface area (Å²) >= 11 is 1.46. The predicted molar refractivity (Wildman–Crippen MR) is 114 cm³/mol. The lowest BCUT2D eigenvalue weighted by atomic mass is 10.1. The fourth-order valence-corrected chi connectivity index (χ4v) is 3.53. The number of benzene rings is 2. The van der Waals surface area contributed by atoms with Gasteiger partial charge in [0.25, 0.3) is 0 Å². The molecule has 28 heavy (non-hydrogen) atoms. The fourth-order valence-electron chi connectivity index (χ4n) is 2.70. The molecule has 6 heteroatoms. The molecule has 1 heterocycles. The number of amides is 1. The molecule has 0 saturated heterocycles. The second kappa shape index (κ2) is 9.19. The van der Waals surface area contributed by atoms with Gasteiger partial charge >= 0.3 is 0 Å².